The van der Waals surface area contributed by atoms with Gasteiger partial charge in [-0.15, -0.1) is 0 Å². The van der Waals surface area contributed by atoms with Crippen molar-refractivity contribution < 1.29 is 4.42 Å². The molecular formula is C19H18ClN3O2. The standard InChI is InChI=1S/C19H18ClN3O2/c1-12-21-17-8-9-23(11-15(17)19(24)22-12)10-13-6-7-18(25-13)14-4-2-3-5-16(14)20/h2-7H,8-11H2,1H3,(H,21,22,24). The summed E-state index contributed by atoms with van der Waals surface area (Å²) in [5, 5.41) is 0.670. The number of halogens is 1. The molecule has 2 aromatic heterocycles. The van der Waals surface area contributed by atoms with Gasteiger partial charge in [0.1, 0.15) is 17.3 Å². The van der Waals surface area contributed by atoms with Gasteiger partial charge in [-0.1, -0.05) is 23.7 Å². The maximum absolute atomic E-state index is 12.1. The Hall–Kier alpha value is -2.37. The molecule has 25 heavy (non-hydrogen) atoms. The van der Waals surface area contributed by atoms with Gasteiger partial charge < -0.3 is 9.40 Å². The summed E-state index contributed by atoms with van der Waals surface area (Å²) in [7, 11) is 0. The minimum absolute atomic E-state index is 0.0385. The molecule has 6 heteroatoms. The molecule has 0 radical (unpaired) electrons. The van der Waals surface area contributed by atoms with Gasteiger partial charge in [0, 0.05) is 25.1 Å². The van der Waals surface area contributed by atoms with E-state index in [1.165, 1.54) is 0 Å². The van der Waals surface area contributed by atoms with Crippen LogP contribution in [0.2, 0.25) is 5.02 Å². The highest BCUT2D eigenvalue weighted by atomic mass is 35.5. The van der Waals surface area contributed by atoms with Crippen molar-refractivity contribution in [2.24, 2.45) is 0 Å². The quantitative estimate of drug-likeness (QED) is 0.780. The molecule has 0 saturated carbocycles. The molecule has 5 nitrogen and oxygen atoms in total. The molecule has 0 atom stereocenters. The molecule has 0 bridgehead atoms. The topological polar surface area (TPSA) is 62.1 Å². The Morgan fingerprint density at radius 1 is 1.28 bits per heavy atom. The molecule has 3 heterocycles. The fourth-order valence-electron chi connectivity index (χ4n) is 3.23. The van der Waals surface area contributed by atoms with E-state index in [0.29, 0.717) is 23.9 Å². The summed E-state index contributed by atoms with van der Waals surface area (Å²) in [6.07, 6.45) is 0.776. The van der Waals surface area contributed by atoms with Gasteiger partial charge in [0.25, 0.3) is 5.56 Å². The Morgan fingerprint density at radius 3 is 2.96 bits per heavy atom. The summed E-state index contributed by atoms with van der Waals surface area (Å²) in [6, 6.07) is 11.5. The van der Waals surface area contributed by atoms with Crippen molar-refractivity contribution >= 4 is 11.6 Å². The maximum atomic E-state index is 12.1. The average molecular weight is 356 g/mol. The highest BCUT2D eigenvalue weighted by molar-refractivity contribution is 6.33. The minimum atomic E-state index is -0.0385. The molecule has 128 valence electrons. The Morgan fingerprint density at radius 2 is 2.12 bits per heavy atom. The monoisotopic (exact) mass is 355 g/mol. The lowest BCUT2D eigenvalue weighted by Gasteiger charge is -2.26. The Bertz CT molecular complexity index is 977. The van der Waals surface area contributed by atoms with E-state index in [9.17, 15) is 4.79 Å². The van der Waals surface area contributed by atoms with Crippen molar-refractivity contribution in [1.82, 2.24) is 14.9 Å². The van der Waals surface area contributed by atoms with Crippen LogP contribution in [0.4, 0.5) is 0 Å². The molecule has 0 unspecified atom stereocenters. The smallest absolute Gasteiger partial charge is 0.255 e. The summed E-state index contributed by atoms with van der Waals surface area (Å²) < 4.78 is 5.96. The third-order valence-electron chi connectivity index (χ3n) is 4.45. The van der Waals surface area contributed by atoms with Gasteiger partial charge in [-0.2, -0.15) is 0 Å². The van der Waals surface area contributed by atoms with Crippen LogP contribution >= 0.6 is 11.6 Å². The Kier molecular flexibility index (Phi) is 4.19. The average Bonchev–Trinajstić information content (AvgIpc) is 3.04. The van der Waals surface area contributed by atoms with E-state index in [1.807, 2.05) is 43.3 Å². The van der Waals surface area contributed by atoms with E-state index in [4.69, 9.17) is 16.0 Å². The van der Waals surface area contributed by atoms with E-state index in [-0.39, 0.29) is 5.56 Å². The first-order valence-corrected chi connectivity index (χ1v) is 8.62. The van der Waals surface area contributed by atoms with Gasteiger partial charge in [-0.3, -0.25) is 9.69 Å². The normalized spacial score (nSPS) is 14.5. The lowest BCUT2D eigenvalue weighted by molar-refractivity contribution is 0.223. The van der Waals surface area contributed by atoms with Gasteiger partial charge in [-0.05, 0) is 31.2 Å². The lowest BCUT2D eigenvalue weighted by Crippen LogP contribution is -2.35. The Labute approximate surface area is 150 Å². The van der Waals surface area contributed by atoms with E-state index < -0.39 is 0 Å². The second-order valence-corrected chi connectivity index (χ2v) is 6.69. The molecule has 0 fully saturated rings. The van der Waals surface area contributed by atoms with E-state index in [1.54, 1.807) is 0 Å². The number of aromatic amines is 1. The van der Waals surface area contributed by atoms with Crippen molar-refractivity contribution in [1.29, 1.82) is 0 Å². The highest BCUT2D eigenvalue weighted by Gasteiger charge is 2.21. The van der Waals surface area contributed by atoms with E-state index >= 15 is 0 Å². The van der Waals surface area contributed by atoms with Crippen LogP contribution in [0.25, 0.3) is 11.3 Å². The van der Waals surface area contributed by atoms with Crippen LogP contribution in [0.1, 0.15) is 22.8 Å². The largest absolute Gasteiger partial charge is 0.460 e. The van der Waals surface area contributed by atoms with Crippen LogP contribution in [0.5, 0.6) is 0 Å². The third kappa shape index (κ3) is 3.25. The molecule has 0 spiro atoms. The van der Waals surface area contributed by atoms with Crippen molar-refractivity contribution in [3.8, 4) is 11.3 Å². The van der Waals surface area contributed by atoms with Crippen molar-refractivity contribution in [2.75, 3.05) is 6.54 Å². The number of hydrogen-bond acceptors (Lipinski definition) is 4. The number of nitrogens with zero attached hydrogens (tertiary/aromatic N) is 2. The van der Waals surface area contributed by atoms with E-state index in [0.717, 1.165) is 41.3 Å². The van der Waals surface area contributed by atoms with Crippen LogP contribution in [0.3, 0.4) is 0 Å². The van der Waals surface area contributed by atoms with Gasteiger partial charge >= 0.3 is 0 Å². The van der Waals surface area contributed by atoms with E-state index in [2.05, 4.69) is 14.9 Å². The fraction of sp³-hybridized carbons (Fsp3) is 0.263. The molecule has 1 aliphatic heterocycles. The summed E-state index contributed by atoms with van der Waals surface area (Å²) in [4.78, 5) is 21.6. The maximum Gasteiger partial charge on any atom is 0.255 e. The molecule has 1 N–H and O–H groups in total. The molecule has 3 aromatic rings. The number of furan rings is 1. The summed E-state index contributed by atoms with van der Waals surface area (Å²) in [5.74, 6) is 2.29. The van der Waals surface area contributed by atoms with Crippen LogP contribution in [0.15, 0.2) is 45.6 Å². The lowest BCUT2D eigenvalue weighted by atomic mass is 10.1. The highest BCUT2D eigenvalue weighted by Crippen LogP contribution is 2.29. The predicted octanol–water partition coefficient (Wildman–Crippen LogP) is 3.55. The number of aromatic nitrogens is 2. The van der Waals surface area contributed by atoms with Crippen molar-refractivity contribution in [2.45, 2.75) is 26.4 Å². The zero-order valence-electron chi connectivity index (χ0n) is 13.9. The summed E-state index contributed by atoms with van der Waals surface area (Å²) in [6.45, 7) is 3.90. The van der Waals surface area contributed by atoms with Crippen LogP contribution in [-0.4, -0.2) is 21.4 Å². The number of benzene rings is 1. The van der Waals surface area contributed by atoms with Crippen LogP contribution < -0.4 is 5.56 Å². The van der Waals surface area contributed by atoms with Gasteiger partial charge in [-0.25, -0.2) is 4.98 Å². The second-order valence-electron chi connectivity index (χ2n) is 6.28. The Balaban J connectivity index is 1.52. The number of rotatable bonds is 3. The molecule has 1 aromatic carbocycles. The number of hydrogen-bond donors (Lipinski definition) is 1. The first-order chi connectivity index (χ1) is 12.1. The number of fused-ring (bicyclic) bond motifs is 1. The zero-order chi connectivity index (χ0) is 17.4. The number of H-pyrrole nitrogens is 1. The van der Waals surface area contributed by atoms with Gasteiger partial charge in [0.15, 0.2) is 0 Å². The molecule has 1 aliphatic rings. The first-order valence-electron chi connectivity index (χ1n) is 8.25. The molecule has 0 aliphatic carbocycles. The van der Waals surface area contributed by atoms with Crippen LogP contribution in [-0.2, 0) is 19.5 Å². The predicted molar refractivity (Wildman–Crippen MR) is 96.6 cm³/mol. The molecular weight excluding hydrogens is 338 g/mol. The van der Waals surface area contributed by atoms with Gasteiger partial charge in [0.2, 0.25) is 0 Å². The van der Waals surface area contributed by atoms with Crippen LogP contribution in [0, 0.1) is 6.92 Å². The third-order valence-corrected chi connectivity index (χ3v) is 4.78. The van der Waals surface area contributed by atoms with Crippen molar-refractivity contribution in [3.05, 3.63) is 74.6 Å². The SMILES string of the molecule is Cc1nc2c(c(=O)[nH]1)CN(Cc1ccc(-c3ccccc3Cl)o1)CC2. The molecule has 0 saturated heterocycles. The molecule has 0 amide bonds. The molecule has 4 rings (SSSR count). The summed E-state index contributed by atoms with van der Waals surface area (Å²) in [5.41, 5.74) is 2.52. The number of nitrogens with one attached hydrogen (secondary N) is 1. The fourth-order valence-corrected chi connectivity index (χ4v) is 3.46. The number of aryl methyl sites for hydroxylation is 1. The first kappa shape index (κ1) is 16.1. The minimum Gasteiger partial charge on any atom is -0.460 e. The van der Waals surface area contributed by atoms with Gasteiger partial charge in [0.05, 0.1) is 22.8 Å². The zero-order valence-corrected chi connectivity index (χ0v) is 14.6. The summed E-state index contributed by atoms with van der Waals surface area (Å²) >= 11 is 6.23. The van der Waals surface area contributed by atoms with Crippen molar-refractivity contribution in [3.63, 3.8) is 0 Å². The second kappa shape index (κ2) is 6.50.